The lowest BCUT2D eigenvalue weighted by atomic mass is 9.85. The molecule has 0 saturated heterocycles. The van der Waals surface area contributed by atoms with Crippen LogP contribution in [0.15, 0.2) is 11.1 Å². The van der Waals surface area contributed by atoms with Crippen LogP contribution in [0.1, 0.15) is 65.2 Å². The molecule has 21 heavy (non-hydrogen) atoms. The predicted octanol–water partition coefficient (Wildman–Crippen LogP) is 3.15. The van der Waals surface area contributed by atoms with Gasteiger partial charge in [0.1, 0.15) is 0 Å². The van der Waals surface area contributed by atoms with Crippen molar-refractivity contribution >= 4 is 15.9 Å². The van der Waals surface area contributed by atoms with Crippen LogP contribution in [0.3, 0.4) is 0 Å². The van der Waals surface area contributed by atoms with Gasteiger partial charge in [-0.1, -0.05) is 36.8 Å². The highest BCUT2D eigenvalue weighted by atomic mass is 32.2. The Morgan fingerprint density at radius 3 is 2.43 bits per heavy atom. The van der Waals surface area contributed by atoms with Crippen molar-refractivity contribution in [2.45, 2.75) is 65.2 Å². The van der Waals surface area contributed by atoms with Crippen molar-refractivity contribution in [1.29, 1.82) is 0 Å². The van der Waals surface area contributed by atoms with Gasteiger partial charge in [-0.05, 0) is 45.4 Å². The maximum atomic E-state index is 12.1. The first-order valence-electron chi connectivity index (χ1n) is 8.07. The number of nitrogens with one attached hydrogen (secondary N) is 1. The van der Waals surface area contributed by atoms with Crippen LogP contribution in [-0.4, -0.2) is 20.1 Å². The van der Waals surface area contributed by atoms with Gasteiger partial charge in [-0.25, -0.2) is 8.42 Å². The Hall–Kier alpha value is -0.840. The molecule has 1 saturated carbocycles. The van der Waals surface area contributed by atoms with Crippen molar-refractivity contribution < 1.29 is 13.2 Å². The number of carbonyl (C=O) groups is 1. The lowest BCUT2D eigenvalue weighted by Gasteiger charge is -2.23. The van der Waals surface area contributed by atoms with E-state index in [0.717, 1.165) is 25.7 Å². The molecular weight excluding hydrogens is 286 g/mol. The van der Waals surface area contributed by atoms with Crippen LogP contribution in [0.5, 0.6) is 0 Å². The lowest BCUT2D eigenvalue weighted by molar-refractivity contribution is -0.123. The Kier molecular flexibility index (Phi) is 5.47. The molecule has 0 aromatic heterocycles. The van der Waals surface area contributed by atoms with E-state index in [4.69, 9.17) is 0 Å². The molecule has 0 spiro atoms. The summed E-state index contributed by atoms with van der Waals surface area (Å²) in [6, 6.07) is 0. The third-order valence-corrected chi connectivity index (χ3v) is 6.33. The summed E-state index contributed by atoms with van der Waals surface area (Å²) in [6.45, 7) is 4.12. The van der Waals surface area contributed by atoms with Crippen molar-refractivity contribution in [3.8, 4) is 0 Å². The topological polar surface area (TPSA) is 63.2 Å². The van der Waals surface area contributed by atoms with Gasteiger partial charge in [0.15, 0.2) is 0 Å². The fourth-order valence-electron chi connectivity index (χ4n) is 3.38. The van der Waals surface area contributed by atoms with Crippen LogP contribution in [0, 0.1) is 11.8 Å². The van der Waals surface area contributed by atoms with E-state index in [1.807, 2.05) is 6.92 Å². The number of hydrogen-bond donors (Lipinski definition) is 1. The molecule has 120 valence electrons. The number of sulfonamides is 1. The van der Waals surface area contributed by atoms with Crippen molar-refractivity contribution in [2.75, 3.05) is 5.75 Å². The molecular formula is C16H27NO3S. The van der Waals surface area contributed by atoms with E-state index >= 15 is 0 Å². The standard InChI is InChI=1S/C16H27NO3S/c1-12-7-8-15(11-13(12)2)16(18)17-21(19,20)10-9-14-5-3-4-6-14/h14-15H,3-11H2,1-2H3,(H,17,18). The fraction of sp³-hybridized carbons (Fsp3) is 0.812. The second-order valence-corrected chi connectivity index (χ2v) is 8.57. The van der Waals surface area contributed by atoms with Gasteiger partial charge in [-0.3, -0.25) is 9.52 Å². The predicted molar refractivity (Wildman–Crippen MR) is 84.2 cm³/mol. The summed E-state index contributed by atoms with van der Waals surface area (Å²) < 4.78 is 26.4. The minimum absolute atomic E-state index is 0.0873. The minimum atomic E-state index is -3.46. The molecule has 2 rings (SSSR count). The third-order valence-electron chi connectivity index (χ3n) is 5.05. The summed E-state index contributed by atoms with van der Waals surface area (Å²) in [4.78, 5) is 12.1. The van der Waals surface area contributed by atoms with Gasteiger partial charge in [-0.15, -0.1) is 0 Å². The number of rotatable bonds is 5. The maximum absolute atomic E-state index is 12.1. The van der Waals surface area contributed by atoms with Gasteiger partial charge in [0.25, 0.3) is 0 Å². The highest BCUT2D eigenvalue weighted by Gasteiger charge is 2.27. The Balaban J connectivity index is 1.83. The second-order valence-electron chi connectivity index (χ2n) is 6.72. The first-order chi connectivity index (χ1) is 9.87. The molecule has 5 heteroatoms. The zero-order chi connectivity index (χ0) is 15.5. The summed E-state index contributed by atoms with van der Waals surface area (Å²) in [5.41, 5.74) is 2.56. The molecule has 1 fully saturated rings. The normalized spacial score (nSPS) is 24.4. The number of allylic oxidation sites excluding steroid dienone is 2. The largest absolute Gasteiger partial charge is 0.274 e. The molecule has 0 radical (unpaired) electrons. The molecule has 1 atom stereocenters. The molecule has 0 aromatic carbocycles. The van der Waals surface area contributed by atoms with Crippen molar-refractivity contribution in [1.82, 2.24) is 4.72 Å². The average molecular weight is 313 g/mol. The molecule has 1 amide bonds. The van der Waals surface area contributed by atoms with E-state index < -0.39 is 10.0 Å². The van der Waals surface area contributed by atoms with E-state index in [0.29, 0.717) is 18.8 Å². The smallest absolute Gasteiger partial charge is 0.236 e. The average Bonchev–Trinajstić information content (AvgIpc) is 2.92. The summed E-state index contributed by atoms with van der Waals surface area (Å²) in [6.07, 6.45) is 7.72. The maximum Gasteiger partial charge on any atom is 0.236 e. The molecule has 0 aliphatic heterocycles. The summed E-state index contributed by atoms with van der Waals surface area (Å²) in [7, 11) is -3.46. The van der Waals surface area contributed by atoms with Gasteiger partial charge in [-0.2, -0.15) is 0 Å². The molecule has 4 nitrogen and oxygen atoms in total. The summed E-state index contributed by atoms with van der Waals surface area (Å²) >= 11 is 0. The molecule has 2 aliphatic carbocycles. The Morgan fingerprint density at radius 2 is 1.81 bits per heavy atom. The number of hydrogen-bond acceptors (Lipinski definition) is 3. The van der Waals surface area contributed by atoms with Gasteiger partial charge in [0.05, 0.1) is 5.75 Å². The molecule has 0 bridgehead atoms. The van der Waals surface area contributed by atoms with Crippen LogP contribution >= 0.6 is 0 Å². The number of carbonyl (C=O) groups excluding carboxylic acids is 1. The zero-order valence-corrected chi connectivity index (χ0v) is 14.0. The molecule has 1 N–H and O–H groups in total. The van der Waals surface area contributed by atoms with Crippen LogP contribution in [0.4, 0.5) is 0 Å². The molecule has 2 aliphatic rings. The van der Waals surface area contributed by atoms with Crippen LogP contribution in [-0.2, 0) is 14.8 Å². The minimum Gasteiger partial charge on any atom is -0.274 e. The first kappa shape index (κ1) is 16.5. The van der Waals surface area contributed by atoms with Crippen LogP contribution in [0.25, 0.3) is 0 Å². The van der Waals surface area contributed by atoms with Crippen molar-refractivity contribution in [3.63, 3.8) is 0 Å². The van der Waals surface area contributed by atoms with Gasteiger partial charge < -0.3 is 0 Å². The highest BCUT2D eigenvalue weighted by Crippen LogP contribution is 2.30. The van der Waals surface area contributed by atoms with Crippen molar-refractivity contribution in [3.05, 3.63) is 11.1 Å². The van der Waals surface area contributed by atoms with E-state index in [-0.39, 0.29) is 17.6 Å². The number of amides is 1. The van der Waals surface area contributed by atoms with Crippen LogP contribution < -0.4 is 4.72 Å². The molecule has 0 heterocycles. The van der Waals surface area contributed by atoms with Crippen molar-refractivity contribution in [2.24, 2.45) is 11.8 Å². The Labute approximate surface area is 128 Å². The summed E-state index contributed by atoms with van der Waals surface area (Å²) in [5, 5.41) is 0. The quantitative estimate of drug-likeness (QED) is 0.793. The Morgan fingerprint density at radius 1 is 1.14 bits per heavy atom. The third kappa shape index (κ3) is 4.83. The lowest BCUT2D eigenvalue weighted by Crippen LogP contribution is -2.38. The monoisotopic (exact) mass is 313 g/mol. The second kappa shape index (κ2) is 6.95. The van der Waals surface area contributed by atoms with E-state index in [1.54, 1.807) is 0 Å². The van der Waals surface area contributed by atoms with Gasteiger partial charge in [0, 0.05) is 5.92 Å². The first-order valence-corrected chi connectivity index (χ1v) is 9.72. The fourth-order valence-corrected chi connectivity index (χ4v) is 4.60. The van der Waals surface area contributed by atoms with E-state index in [9.17, 15) is 13.2 Å². The molecule has 0 aromatic rings. The summed E-state index contributed by atoms with van der Waals surface area (Å²) in [5.74, 6) is 0.117. The molecule has 1 unspecified atom stereocenters. The van der Waals surface area contributed by atoms with E-state index in [2.05, 4.69) is 11.6 Å². The zero-order valence-electron chi connectivity index (χ0n) is 13.2. The SMILES string of the molecule is CC1=C(C)CC(C(=O)NS(=O)(=O)CCC2CCCC2)CC1. The highest BCUT2D eigenvalue weighted by molar-refractivity contribution is 7.90. The van der Waals surface area contributed by atoms with E-state index in [1.165, 1.54) is 24.0 Å². The van der Waals surface area contributed by atoms with Crippen LogP contribution in [0.2, 0.25) is 0 Å². The van der Waals surface area contributed by atoms with Gasteiger partial charge >= 0.3 is 0 Å². The Bertz CT molecular complexity index is 516. The van der Waals surface area contributed by atoms with Gasteiger partial charge in [0.2, 0.25) is 15.9 Å².